The number of nitro groups is 1. The molecule has 104 valence electrons. The highest BCUT2D eigenvalue weighted by Gasteiger charge is 2.18. The lowest BCUT2D eigenvalue weighted by Crippen LogP contribution is -2.18. The molecule has 0 heterocycles. The summed E-state index contributed by atoms with van der Waals surface area (Å²) in [5, 5.41) is 31.2. The minimum Gasteiger partial charge on any atom is -0.394 e. The van der Waals surface area contributed by atoms with Gasteiger partial charge in [0.1, 0.15) is 0 Å². The number of aliphatic hydroxyl groups is 2. The molecule has 0 aromatic heterocycles. The zero-order valence-electron chi connectivity index (χ0n) is 10.2. The molecule has 1 amide bonds. The first-order valence-corrected chi connectivity index (χ1v) is 6.40. The largest absolute Gasteiger partial charge is 0.394 e. The molecule has 1 rings (SSSR count). The molecule has 1 unspecified atom stereocenters. The highest BCUT2D eigenvalue weighted by Crippen LogP contribution is 2.30. The van der Waals surface area contributed by atoms with Gasteiger partial charge >= 0.3 is 0 Å². The van der Waals surface area contributed by atoms with E-state index in [1.165, 1.54) is 25.2 Å². The molecular formula is C11H14N2O5S. The van der Waals surface area contributed by atoms with Crippen LogP contribution in [0.25, 0.3) is 0 Å². The SMILES string of the molecule is CNC(=O)c1ccc(SCC(O)CO)c([N+](=O)[O-])c1. The summed E-state index contributed by atoms with van der Waals surface area (Å²) in [6.45, 7) is -0.406. The van der Waals surface area contributed by atoms with E-state index in [9.17, 15) is 20.0 Å². The molecule has 0 fully saturated rings. The molecule has 1 aromatic carbocycles. The van der Waals surface area contributed by atoms with Crippen LogP contribution in [0, 0.1) is 10.1 Å². The summed E-state index contributed by atoms with van der Waals surface area (Å²) in [6.07, 6.45) is -0.941. The smallest absolute Gasteiger partial charge is 0.283 e. The predicted octanol–water partition coefficient (Wildman–Crippen LogP) is 0.400. The number of benzene rings is 1. The molecule has 0 saturated heterocycles. The zero-order valence-corrected chi connectivity index (χ0v) is 11.0. The van der Waals surface area contributed by atoms with E-state index in [4.69, 9.17) is 5.11 Å². The van der Waals surface area contributed by atoms with Crippen LogP contribution in [0.4, 0.5) is 5.69 Å². The third-order valence-corrected chi connectivity index (χ3v) is 3.49. The summed E-state index contributed by atoms with van der Waals surface area (Å²) in [6, 6.07) is 4.11. The minimum atomic E-state index is -0.941. The number of rotatable bonds is 6. The van der Waals surface area contributed by atoms with Crippen LogP contribution in [0.15, 0.2) is 23.1 Å². The van der Waals surface area contributed by atoms with Crippen LogP contribution in [-0.2, 0) is 0 Å². The van der Waals surface area contributed by atoms with Crippen molar-refractivity contribution in [2.45, 2.75) is 11.0 Å². The van der Waals surface area contributed by atoms with Crippen molar-refractivity contribution in [2.24, 2.45) is 0 Å². The fourth-order valence-electron chi connectivity index (χ4n) is 1.31. The lowest BCUT2D eigenvalue weighted by Gasteiger charge is -2.08. The molecule has 0 bridgehead atoms. The van der Waals surface area contributed by atoms with Crippen molar-refractivity contribution < 1.29 is 19.9 Å². The normalized spacial score (nSPS) is 11.9. The van der Waals surface area contributed by atoms with Gasteiger partial charge in [-0.1, -0.05) is 0 Å². The van der Waals surface area contributed by atoms with Gasteiger partial charge in [-0.05, 0) is 12.1 Å². The molecule has 0 aliphatic carbocycles. The van der Waals surface area contributed by atoms with Gasteiger partial charge in [0.25, 0.3) is 11.6 Å². The first-order chi connectivity index (χ1) is 8.99. The molecule has 0 aliphatic rings. The number of nitrogens with zero attached hydrogens (tertiary/aromatic N) is 1. The van der Waals surface area contributed by atoms with E-state index >= 15 is 0 Å². The van der Waals surface area contributed by atoms with Gasteiger partial charge in [0.2, 0.25) is 0 Å². The standard InChI is InChI=1S/C11H14N2O5S/c1-12-11(16)7-2-3-10(9(4-7)13(17)18)19-6-8(15)5-14/h2-4,8,14-15H,5-6H2,1H3,(H,12,16). The Bertz CT molecular complexity index is 480. The van der Waals surface area contributed by atoms with Gasteiger partial charge in [-0.2, -0.15) is 0 Å². The number of thioether (sulfide) groups is 1. The fourth-order valence-corrected chi connectivity index (χ4v) is 2.23. The molecule has 0 aliphatic heterocycles. The van der Waals surface area contributed by atoms with E-state index in [-0.39, 0.29) is 17.0 Å². The first kappa shape index (κ1) is 15.4. The molecule has 19 heavy (non-hydrogen) atoms. The lowest BCUT2D eigenvalue weighted by molar-refractivity contribution is -0.387. The summed E-state index contributed by atoms with van der Waals surface area (Å²) < 4.78 is 0. The fraction of sp³-hybridized carbons (Fsp3) is 0.364. The molecule has 1 aromatic rings. The Kier molecular flexibility index (Phi) is 5.74. The highest BCUT2D eigenvalue weighted by molar-refractivity contribution is 7.99. The van der Waals surface area contributed by atoms with Crippen LogP contribution in [0.5, 0.6) is 0 Å². The van der Waals surface area contributed by atoms with Crippen molar-refractivity contribution in [3.63, 3.8) is 0 Å². The lowest BCUT2D eigenvalue weighted by atomic mass is 10.2. The number of nitrogens with one attached hydrogen (secondary N) is 1. The Labute approximate surface area is 113 Å². The molecule has 0 radical (unpaired) electrons. The van der Waals surface area contributed by atoms with Crippen LogP contribution >= 0.6 is 11.8 Å². The molecular weight excluding hydrogens is 272 g/mol. The van der Waals surface area contributed by atoms with Crippen molar-refractivity contribution in [3.8, 4) is 0 Å². The van der Waals surface area contributed by atoms with E-state index in [2.05, 4.69) is 5.32 Å². The van der Waals surface area contributed by atoms with E-state index in [1.807, 2.05) is 0 Å². The minimum absolute atomic E-state index is 0.136. The number of carbonyl (C=O) groups is 1. The molecule has 8 heteroatoms. The third kappa shape index (κ3) is 4.19. The molecule has 0 saturated carbocycles. The van der Waals surface area contributed by atoms with Crippen LogP contribution in [0.3, 0.4) is 0 Å². The molecule has 7 nitrogen and oxygen atoms in total. The molecule has 1 atom stereocenters. The van der Waals surface area contributed by atoms with Gasteiger partial charge in [-0.3, -0.25) is 14.9 Å². The average molecular weight is 286 g/mol. The van der Waals surface area contributed by atoms with E-state index in [1.54, 1.807) is 0 Å². The van der Waals surface area contributed by atoms with E-state index < -0.39 is 23.5 Å². The number of nitro benzene ring substituents is 1. The highest BCUT2D eigenvalue weighted by atomic mass is 32.2. The topological polar surface area (TPSA) is 113 Å². The molecule has 3 N–H and O–H groups in total. The summed E-state index contributed by atoms with van der Waals surface area (Å²) in [5.74, 6) is -0.272. The summed E-state index contributed by atoms with van der Waals surface area (Å²) in [4.78, 5) is 22.1. The quantitative estimate of drug-likeness (QED) is 0.396. The van der Waals surface area contributed by atoms with Crippen molar-refractivity contribution in [1.29, 1.82) is 0 Å². The van der Waals surface area contributed by atoms with Gasteiger partial charge < -0.3 is 15.5 Å². The summed E-state index contributed by atoms with van der Waals surface area (Å²) >= 11 is 1.05. The summed E-state index contributed by atoms with van der Waals surface area (Å²) in [5.41, 5.74) is -0.00232. The monoisotopic (exact) mass is 286 g/mol. The van der Waals surface area contributed by atoms with Crippen LogP contribution in [0.1, 0.15) is 10.4 Å². The number of amides is 1. The molecule has 0 spiro atoms. The van der Waals surface area contributed by atoms with Gasteiger partial charge in [0.05, 0.1) is 22.5 Å². The Morgan fingerprint density at radius 3 is 2.79 bits per heavy atom. The van der Waals surface area contributed by atoms with E-state index in [0.29, 0.717) is 4.90 Å². The Morgan fingerprint density at radius 1 is 1.58 bits per heavy atom. The van der Waals surface area contributed by atoms with Crippen molar-refractivity contribution in [2.75, 3.05) is 19.4 Å². The van der Waals surface area contributed by atoms with Crippen molar-refractivity contribution in [3.05, 3.63) is 33.9 Å². The maximum atomic E-state index is 11.4. The third-order valence-electron chi connectivity index (χ3n) is 2.29. The Morgan fingerprint density at radius 2 is 2.26 bits per heavy atom. The van der Waals surface area contributed by atoms with Crippen LogP contribution < -0.4 is 5.32 Å². The predicted molar refractivity (Wildman–Crippen MR) is 70.3 cm³/mol. The summed E-state index contributed by atoms with van der Waals surface area (Å²) in [7, 11) is 1.44. The van der Waals surface area contributed by atoms with Gasteiger partial charge in [-0.15, -0.1) is 11.8 Å². The van der Waals surface area contributed by atoms with E-state index in [0.717, 1.165) is 11.8 Å². The number of aliphatic hydroxyl groups excluding tert-OH is 2. The number of hydrogen-bond donors (Lipinski definition) is 3. The second-order valence-corrected chi connectivity index (χ2v) is 4.73. The second kappa shape index (κ2) is 7.07. The maximum Gasteiger partial charge on any atom is 0.283 e. The second-order valence-electron chi connectivity index (χ2n) is 3.67. The average Bonchev–Trinajstić information content (AvgIpc) is 2.43. The number of carbonyl (C=O) groups excluding carboxylic acids is 1. The Hall–Kier alpha value is -1.64. The van der Waals surface area contributed by atoms with Crippen molar-refractivity contribution >= 4 is 23.4 Å². The van der Waals surface area contributed by atoms with Crippen LogP contribution in [-0.4, -0.2) is 46.6 Å². The number of hydrogen-bond acceptors (Lipinski definition) is 6. The van der Waals surface area contributed by atoms with Gasteiger partial charge in [0.15, 0.2) is 0 Å². The van der Waals surface area contributed by atoms with Gasteiger partial charge in [0, 0.05) is 24.4 Å². The maximum absolute atomic E-state index is 11.4. The van der Waals surface area contributed by atoms with Crippen molar-refractivity contribution in [1.82, 2.24) is 5.32 Å². The van der Waals surface area contributed by atoms with Crippen LogP contribution in [0.2, 0.25) is 0 Å². The zero-order chi connectivity index (χ0) is 14.4. The first-order valence-electron chi connectivity index (χ1n) is 5.41. The Balaban J connectivity index is 2.98. The van der Waals surface area contributed by atoms with Gasteiger partial charge in [-0.25, -0.2) is 0 Å².